The second kappa shape index (κ2) is 4.62. The molecule has 2 rings (SSSR count). The molecule has 1 aromatic heterocycles. The Balaban J connectivity index is 1.86. The van der Waals surface area contributed by atoms with E-state index in [1.54, 1.807) is 6.20 Å². The average Bonchev–Trinajstić information content (AvgIpc) is 2.23. The molecule has 1 saturated carbocycles. The average molecular weight is 205 g/mol. The monoisotopic (exact) mass is 205 g/mol. The summed E-state index contributed by atoms with van der Waals surface area (Å²) in [4.78, 5) is 4.10. The fourth-order valence-electron chi connectivity index (χ4n) is 2.22. The summed E-state index contributed by atoms with van der Waals surface area (Å²) in [6.45, 7) is 2.17. The number of pyridine rings is 1. The third-order valence-corrected chi connectivity index (χ3v) is 3.30. The predicted octanol–water partition coefficient (Wildman–Crippen LogP) is 1.88. The fraction of sp³-hybridized carbons (Fsp3) is 0.583. The first kappa shape index (κ1) is 10.4. The Morgan fingerprint density at radius 2 is 2.27 bits per heavy atom. The third kappa shape index (κ3) is 2.48. The van der Waals surface area contributed by atoms with Crippen LogP contribution in [0.2, 0.25) is 0 Å². The highest BCUT2D eigenvalue weighted by atomic mass is 14.9. The predicted molar refractivity (Wildman–Crippen MR) is 62.9 cm³/mol. The molecule has 0 aromatic carbocycles. The lowest BCUT2D eigenvalue weighted by atomic mass is 9.68. The molecule has 0 saturated heterocycles. The zero-order valence-electron chi connectivity index (χ0n) is 9.29. The SMILES string of the molecule is CNCC1(CNc2cccnc2)CCC1. The van der Waals surface area contributed by atoms with Gasteiger partial charge in [-0.2, -0.15) is 0 Å². The van der Waals surface area contributed by atoms with Crippen molar-refractivity contribution in [1.29, 1.82) is 0 Å². The molecule has 1 heterocycles. The van der Waals surface area contributed by atoms with Gasteiger partial charge in [0, 0.05) is 30.9 Å². The van der Waals surface area contributed by atoms with Crippen LogP contribution in [-0.2, 0) is 0 Å². The van der Waals surface area contributed by atoms with E-state index in [2.05, 4.69) is 21.7 Å². The highest BCUT2D eigenvalue weighted by molar-refractivity contribution is 5.40. The number of nitrogens with zero attached hydrogens (tertiary/aromatic N) is 1. The fourth-order valence-corrected chi connectivity index (χ4v) is 2.22. The van der Waals surface area contributed by atoms with Gasteiger partial charge in [-0.1, -0.05) is 6.42 Å². The summed E-state index contributed by atoms with van der Waals surface area (Å²) < 4.78 is 0. The van der Waals surface area contributed by atoms with Crippen molar-refractivity contribution >= 4 is 5.69 Å². The molecule has 82 valence electrons. The van der Waals surface area contributed by atoms with Gasteiger partial charge in [-0.3, -0.25) is 4.98 Å². The van der Waals surface area contributed by atoms with Crippen molar-refractivity contribution in [2.45, 2.75) is 19.3 Å². The molecule has 0 amide bonds. The van der Waals surface area contributed by atoms with Gasteiger partial charge in [0.05, 0.1) is 5.69 Å². The van der Waals surface area contributed by atoms with Crippen LogP contribution in [0.25, 0.3) is 0 Å². The molecule has 0 aliphatic heterocycles. The minimum atomic E-state index is 0.477. The highest BCUT2D eigenvalue weighted by Crippen LogP contribution is 2.40. The summed E-state index contributed by atoms with van der Waals surface area (Å²) >= 11 is 0. The van der Waals surface area contributed by atoms with Crippen molar-refractivity contribution in [2.24, 2.45) is 5.41 Å². The van der Waals surface area contributed by atoms with Gasteiger partial charge in [-0.05, 0) is 32.0 Å². The van der Waals surface area contributed by atoms with Gasteiger partial charge in [0.15, 0.2) is 0 Å². The Kier molecular flexibility index (Phi) is 3.21. The molecule has 2 N–H and O–H groups in total. The zero-order chi connectivity index (χ0) is 10.6. The largest absolute Gasteiger partial charge is 0.383 e. The molecule has 0 atom stereocenters. The molecule has 1 aromatic rings. The van der Waals surface area contributed by atoms with Crippen molar-refractivity contribution in [3.8, 4) is 0 Å². The summed E-state index contributed by atoms with van der Waals surface area (Å²) in [6, 6.07) is 4.03. The quantitative estimate of drug-likeness (QED) is 0.770. The lowest BCUT2D eigenvalue weighted by Crippen LogP contribution is -2.44. The topological polar surface area (TPSA) is 37.0 Å². The number of nitrogens with one attached hydrogen (secondary N) is 2. The molecule has 1 aliphatic carbocycles. The molecule has 0 bridgehead atoms. The van der Waals surface area contributed by atoms with Crippen LogP contribution in [0.1, 0.15) is 19.3 Å². The molecule has 1 fully saturated rings. The minimum absolute atomic E-state index is 0.477. The highest BCUT2D eigenvalue weighted by Gasteiger charge is 2.35. The van der Waals surface area contributed by atoms with Crippen LogP contribution in [0.15, 0.2) is 24.5 Å². The van der Waals surface area contributed by atoms with Gasteiger partial charge in [0.1, 0.15) is 0 Å². The van der Waals surface area contributed by atoms with E-state index in [0.717, 1.165) is 18.8 Å². The van der Waals surface area contributed by atoms with E-state index in [4.69, 9.17) is 0 Å². The molecule has 0 spiro atoms. The summed E-state index contributed by atoms with van der Waals surface area (Å²) in [6.07, 6.45) is 7.72. The number of hydrogen-bond donors (Lipinski definition) is 2. The van der Waals surface area contributed by atoms with E-state index in [9.17, 15) is 0 Å². The van der Waals surface area contributed by atoms with Crippen LogP contribution >= 0.6 is 0 Å². The first-order chi connectivity index (χ1) is 7.35. The second-order valence-corrected chi connectivity index (χ2v) is 4.48. The first-order valence-corrected chi connectivity index (χ1v) is 5.63. The smallest absolute Gasteiger partial charge is 0.0526 e. The van der Waals surface area contributed by atoms with Crippen LogP contribution in [0.4, 0.5) is 5.69 Å². The van der Waals surface area contributed by atoms with E-state index < -0.39 is 0 Å². The second-order valence-electron chi connectivity index (χ2n) is 4.48. The molecule has 15 heavy (non-hydrogen) atoms. The lowest BCUT2D eigenvalue weighted by Gasteiger charge is -2.42. The summed E-state index contributed by atoms with van der Waals surface area (Å²) in [7, 11) is 2.03. The Bertz CT molecular complexity index is 293. The molecule has 3 heteroatoms. The molecular weight excluding hydrogens is 186 g/mol. The standard InChI is InChI=1S/C12H19N3/c1-13-9-12(5-3-6-12)10-15-11-4-2-7-14-8-11/h2,4,7-8,13,15H,3,5-6,9-10H2,1H3. The maximum Gasteiger partial charge on any atom is 0.0526 e. The summed E-state index contributed by atoms with van der Waals surface area (Å²) in [5, 5.41) is 6.76. The van der Waals surface area contributed by atoms with Crippen molar-refractivity contribution in [1.82, 2.24) is 10.3 Å². The van der Waals surface area contributed by atoms with Crippen molar-refractivity contribution in [3.63, 3.8) is 0 Å². The van der Waals surface area contributed by atoms with Crippen LogP contribution in [0, 0.1) is 5.41 Å². The number of rotatable bonds is 5. The van der Waals surface area contributed by atoms with Crippen LogP contribution in [0.5, 0.6) is 0 Å². The van der Waals surface area contributed by atoms with Crippen LogP contribution < -0.4 is 10.6 Å². The minimum Gasteiger partial charge on any atom is -0.383 e. The van der Waals surface area contributed by atoms with E-state index in [0.29, 0.717) is 5.41 Å². The van der Waals surface area contributed by atoms with Gasteiger partial charge in [-0.25, -0.2) is 0 Å². The Hall–Kier alpha value is -1.09. The van der Waals surface area contributed by atoms with Crippen LogP contribution in [0.3, 0.4) is 0 Å². The third-order valence-electron chi connectivity index (χ3n) is 3.30. The van der Waals surface area contributed by atoms with Gasteiger partial charge in [0.25, 0.3) is 0 Å². The molecule has 0 radical (unpaired) electrons. The summed E-state index contributed by atoms with van der Waals surface area (Å²) in [5.74, 6) is 0. The van der Waals surface area contributed by atoms with Gasteiger partial charge < -0.3 is 10.6 Å². The van der Waals surface area contributed by atoms with Crippen molar-refractivity contribution in [3.05, 3.63) is 24.5 Å². The first-order valence-electron chi connectivity index (χ1n) is 5.63. The molecular formula is C12H19N3. The molecule has 1 aliphatic rings. The van der Waals surface area contributed by atoms with E-state index in [-0.39, 0.29) is 0 Å². The normalized spacial score (nSPS) is 18.2. The Labute approximate surface area is 91.3 Å². The maximum atomic E-state index is 4.10. The zero-order valence-corrected chi connectivity index (χ0v) is 9.29. The van der Waals surface area contributed by atoms with E-state index >= 15 is 0 Å². The molecule has 0 unspecified atom stereocenters. The number of anilines is 1. The number of hydrogen-bond acceptors (Lipinski definition) is 3. The van der Waals surface area contributed by atoms with Crippen molar-refractivity contribution in [2.75, 3.05) is 25.5 Å². The van der Waals surface area contributed by atoms with Gasteiger partial charge in [-0.15, -0.1) is 0 Å². The maximum absolute atomic E-state index is 4.10. The number of aromatic nitrogens is 1. The van der Waals surface area contributed by atoms with Gasteiger partial charge >= 0.3 is 0 Å². The van der Waals surface area contributed by atoms with Crippen molar-refractivity contribution < 1.29 is 0 Å². The Morgan fingerprint density at radius 1 is 1.40 bits per heavy atom. The molecule has 3 nitrogen and oxygen atoms in total. The van der Waals surface area contributed by atoms with Gasteiger partial charge in [0.2, 0.25) is 0 Å². The summed E-state index contributed by atoms with van der Waals surface area (Å²) in [5.41, 5.74) is 1.60. The van der Waals surface area contributed by atoms with Crippen LogP contribution in [-0.4, -0.2) is 25.1 Å². The lowest BCUT2D eigenvalue weighted by molar-refractivity contribution is 0.151. The van der Waals surface area contributed by atoms with E-state index in [1.165, 1.54) is 19.3 Å². The van der Waals surface area contributed by atoms with E-state index in [1.807, 2.05) is 19.3 Å². The Morgan fingerprint density at radius 3 is 2.80 bits per heavy atom.